The Morgan fingerprint density at radius 3 is 2.16 bits per heavy atom. The molecule has 0 heterocycles. The Balaban J connectivity index is 2.58. The van der Waals surface area contributed by atoms with Crippen molar-refractivity contribution in [3.8, 4) is 11.1 Å². The Hall–Kier alpha value is -2.30. The van der Waals surface area contributed by atoms with Crippen LogP contribution in [0.15, 0.2) is 36.4 Å². The van der Waals surface area contributed by atoms with Gasteiger partial charge in [-0.3, -0.25) is 4.79 Å². The van der Waals surface area contributed by atoms with Crippen molar-refractivity contribution in [2.24, 2.45) is 5.73 Å². The molecule has 0 saturated carbocycles. The van der Waals surface area contributed by atoms with Crippen molar-refractivity contribution in [3.63, 3.8) is 0 Å². The number of nitrogens with two attached hydrogens (primary N) is 1. The van der Waals surface area contributed by atoms with Crippen LogP contribution in [-0.4, -0.2) is 5.91 Å². The lowest BCUT2D eigenvalue weighted by atomic mass is 9.97. The van der Waals surface area contributed by atoms with E-state index in [0.717, 1.165) is 30.3 Å². The molecule has 0 saturated heterocycles. The Morgan fingerprint density at radius 1 is 0.947 bits per heavy atom. The van der Waals surface area contributed by atoms with E-state index >= 15 is 0 Å². The molecule has 0 aliphatic rings. The molecule has 2 aromatic rings. The Kier molecular flexibility index (Phi) is 3.55. The fraction of sp³-hybridized carbons (Fsp3) is 0.0714. The van der Waals surface area contributed by atoms with Crippen LogP contribution in [0, 0.1) is 17.5 Å². The molecule has 2 aromatic carbocycles. The quantitative estimate of drug-likeness (QED) is 0.911. The van der Waals surface area contributed by atoms with Crippen LogP contribution in [0.4, 0.5) is 13.2 Å². The van der Waals surface area contributed by atoms with Crippen LogP contribution in [0.1, 0.15) is 5.56 Å². The molecule has 0 aliphatic carbocycles. The van der Waals surface area contributed by atoms with Crippen LogP contribution in [-0.2, 0) is 11.2 Å². The van der Waals surface area contributed by atoms with Crippen molar-refractivity contribution in [3.05, 3.63) is 59.4 Å². The van der Waals surface area contributed by atoms with Crippen molar-refractivity contribution >= 4 is 5.91 Å². The zero-order chi connectivity index (χ0) is 14.0. The molecular formula is C14H10F3NO. The normalized spacial score (nSPS) is 10.5. The maximum Gasteiger partial charge on any atom is 0.221 e. The summed E-state index contributed by atoms with van der Waals surface area (Å²) in [4.78, 5) is 11.0. The second kappa shape index (κ2) is 5.14. The second-order valence-electron chi connectivity index (χ2n) is 4.10. The molecule has 5 heteroatoms. The summed E-state index contributed by atoms with van der Waals surface area (Å²) >= 11 is 0. The maximum absolute atomic E-state index is 13.3. The van der Waals surface area contributed by atoms with Crippen LogP contribution in [0.3, 0.4) is 0 Å². The minimum Gasteiger partial charge on any atom is -0.369 e. The van der Waals surface area contributed by atoms with Gasteiger partial charge in [-0.05, 0) is 41.0 Å². The van der Waals surface area contributed by atoms with Crippen molar-refractivity contribution in [2.75, 3.05) is 0 Å². The van der Waals surface area contributed by atoms with Crippen LogP contribution in [0.5, 0.6) is 0 Å². The van der Waals surface area contributed by atoms with Gasteiger partial charge in [0.25, 0.3) is 0 Å². The molecule has 1 amide bonds. The van der Waals surface area contributed by atoms with Gasteiger partial charge in [-0.2, -0.15) is 0 Å². The summed E-state index contributed by atoms with van der Waals surface area (Å²) in [6.45, 7) is 0. The highest BCUT2D eigenvalue weighted by Crippen LogP contribution is 2.26. The molecule has 0 bridgehead atoms. The summed E-state index contributed by atoms with van der Waals surface area (Å²) < 4.78 is 39.6. The van der Waals surface area contributed by atoms with Gasteiger partial charge in [-0.15, -0.1) is 0 Å². The zero-order valence-corrected chi connectivity index (χ0v) is 9.79. The van der Waals surface area contributed by atoms with E-state index in [4.69, 9.17) is 5.73 Å². The predicted octanol–water partition coefficient (Wildman–Crippen LogP) is 2.80. The average molecular weight is 265 g/mol. The first-order valence-corrected chi connectivity index (χ1v) is 5.49. The first-order valence-electron chi connectivity index (χ1n) is 5.49. The van der Waals surface area contributed by atoms with E-state index in [0.29, 0.717) is 5.56 Å². The van der Waals surface area contributed by atoms with E-state index in [1.807, 2.05) is 0 Å². The lowest BCUT2D eigenvalue weighted by molar-refractivity contribution is -0.117. The minimum atomic E-state index is -0.774. The zero-order valence-electron chi connectivity index (χ0n) is 9.79. The van der Waals surface area contributed by atoms with Gasteiger partial charge in [0, 0.05) is 6.07 Å². The summed E-state index contributed by atoms with van der Waals surface area (Å²) in [5, 5.41) is 0. The summed E-state index contributed by atoms with van der Waals surface area (Å²) in [5.74, 6) is -2.72. The Labute approximate surface area is 107 Å². The largest absolute Gasteiger partial charge is 0.369 e. The predicted molar refractivity (Wildman–Crippen MR) is 64.7 cm³/mol. The summed E-state index contributed by atoms with van der Waals surface area (Å²) in [5.41, 5.74) is 5.91. The minimum absolute atomic E-state index is 0.131. The van der Waals surface area contributed by atoms with E-state index < -0.39 is 23.4 Å². The van der Waals surface area contributed by atoms with Gasteiger partial charge >= 0.3 is 0 Å². The molecule has 19 heavy (non-hydrogen) atoms. The van der Waals surface area contributed by atoms with Crippen LogP contribution in [0.2, 0.25) is 0 Å². The first-order chi connectivity index (χ1) is 8.95. The maximum atomic E-state index is 13.3. The van der Waals surface area contributed by atoms with Gasteiger partial charge in [0.2, 0.25) is 5.91 Å². The van der Waals surface area contributed by atoms with Gasteiger partial charge in [0.1, 0.15) is 17.5 Å². The summed E-state index contributed by atoms with van der Waals surface area (Å²) in [7, 11) is 0. The average Bonchev–Trinajstić information content (AvgIpc) is 2.29. The Bertz CT molecular complexity index is 620. The molecule has 2 N–H and O–H groups in total. The molecule has 0 atom stereocenters. The number of carbonyl (C=O) groups is 1. The third-order valence-corrected chi connectivity index (χ3v) is 2.61. The second-order valence-corrected chi connectivity index (χ2v) is 4.10. The molecule has 0 aliphatic heterocycles. The lowest BCUT2D eigenvalue weighted by Crippen LogP contribution is -2.14. The van der Waals surface area contributed by atoms with Gasteiger partial charge in [-0.25, -0.2) is 13.2 Å². The van der Waals surface area contributed by atoms with Crippen molar-refractivity contribution in [1.82, 2.24) is 0 Å². The smallest absolute Gasteiger partial charge is 0.221 e. The van der Waals surface area contributed by atoms with Gasteiger partial charge in [0.05, 0.1) is 6.42 Å². The van der Waals surface area contributed by atoms with Crippen LogP contribution >= 0.6 is 0 Å². The molecule has 0 spiro atoms. The number of hydrogen-bond donors (Lipinski definition) is 1. The molecule has 98 valence electrons. The monoisotopic (exact) mass is 265 g/mol. The van der Waals surface area contributed by atoms with E-state index in [2.05, 4.69) is 0 Å². The van der Waals surface area contributed by atoms with Crippen molar-refractivity contribution in [1.29, 1.82) is 0 Å². The molecule has 2 nitrogen and oxygen atoms in total. The van der Waals surface area contributed by atoms with E-state index in [1.165, 1.54) is 6.07 Å². The topological polar surface area (TPSA) is 43.1 Å². The summed E-state index contributed by atoms with van der Waals surface area (Å²) in [6.07, 6.45) is -0.131. The Morgan fingerprint density at radius 2 is 1.58 bits per heavy atom. The third kappa shape index (κ3) is 3.13. The molecule has 0 aromatic heterocycles. The standard InChI is InChI=1S/C14H10F3NO/c15-10-2-1-8(5-14(18)19)13(7-10)9-3-11(16)6-12(17)4-9/h1-4,6-7H,5H2,(H2,18,19). The van der Waals surface area contributed by atoms with Gasteiger partial charge < -0.3 is 5.73 Å². The highest BCUT2D eigenvalue weighted by atomic mass is 19.1. The van der Waals surface area contributed by atoms with E-state index in [1.54, 1.807) is 0 Å². The fourth-order valence-corrected chi connectivity index (χ4v) is 1.87. The highest BCUT2D eigenvalue weighted by Gasteiger charge is 2.11. The first kappa shape index (κ1) is 13.1. The summed E-state index contributed by atoms with van der Waals surface area (Å²) in [6, 6.07) is 6.52. The van der Waals surface area contributed by atoms with E-state index in [9.17, 15) is 18.0 Å². The molecule has 0 radical (unpaired) electrons. The number of rotatable bonds is 3. The van der Waals surface area contributed by atoms with Gasteiger partial charge in [0.15, 0.2) is 0 Å². The fourth-order valence-electron chi connectivity index (χ4n) is 1.87. The number of amides is 1. The number of carbonyl (C=O) groups excluding carboxylic acids is 1. The highest BCUT2D eigenvalue weighted by molar-refractivity contribution is 5.80. The number of halogens is 3. The molecule has 0 fully saturated rings. The van der Waals surface area contributed by atoms with E-state index in [-0.39, 0.29) is 17.5 Å². The van der Waals surface area contributed by atoms with Crippen LogP contribution < -0.4 is 5.73 Å². The molecule has 0 unspecified atom stereocenters. The number of benzene rings is 2. The third-order valence-electron chi connectivity index (χ3n) is 2.61. The van der Waals surface area contributed by atoms with Crippen molar-refractivity contribution in [2.45, 2.75) is 6.42 Å². The number of hydrogen-bond acceptors (Lipinski definition) is 1. The SMILES string of the molecule is NC(=O)Cc1ccc(F)cc1-c1cc(F)cc(F)c1. The number of primary amides is 1. The van der Waals surface area contributed by atoms with Crippen molar-refractivity contribution < 1.29 is 18.0 Å². The molecule has 2 rings (SSSR count). The van der Waals surface area contributed by atoms with Crippen LogP contribution in [0.25, 0.3) is 11.1 Å². The molecular weight excluding hydrogens is 255 g/mol. The lowest BCUT2D eigenvalue weighted by Gasteiger charge is -2.09. The van der Waals surface area contributed by atoms with Gasteiger partial charge in [-0.1, -0.05) is 6.07 Å².